The van der Waals surface area contributed by atoms with Gasteiger partial charge in [-0.15, -0.1) is 9.90 Å². The van der Waals surface area contributed by atoms with E-state index in [1.165, 1.54) is 6.20 Å². The van der Waals surface area contributed by atoms with Gasteiger partial charge in [0.2, 0.25) is 5.76 Å². The molecule has 0 radical (unpaired) electrons. The van der Waals surface area contributed by atoms with E-state index < -0.39 is 17.6 Å². The number of rotatable bonds is 4. The first-order chi connectivity index (χ1) is 9.95. The van der Waals surface area contributed by atoms with Crippen molar-refractivity contribution in [3.63, 3.8) is 0 Å². The molecule has 0 aliphatic heterocycles. The highest BCUT2D eigenvalue weighted by atomic mass is 16.4. The normalized spacial score (nSPS) is 11.4. The van der Waals surface area contributed by atoms with E-state index >= 15 is 0 Å². The minimum Gasteiger partial charge on any atom is -0.502 e. The number of carbonyl (C=O) groups excluding carboxylic acids is 1. The average Bonchev–Trinajstić information content (AvgIpc) is 2.90. The van der Waals surface area contributed by atoms with E-state index in [9.17, 15) is 9.59 Å². The number of hydrogen-bond acceptors (Lipinski definition) is 5. The lowest BCUT2D eigenvalue weighted by molar-refractivity contribution is -0.135. The van der Waals surface area contributed by atoms with Gasteiger partial charge in [-0.25, -0.2) is 4.79 Å². The average molecular weight is 287 g/mol. The number of hydrogen-bond donors (Lipinski definition) is 2. The van der Waals surface area contributed by atoms with E-state index in [2.05, 4.69) is 10.2 Å². The van der Waals surface area contributed by atoms with Crippen molar-refractivity contribution in [2.75, 3.05) is 0 Å². The van der Waals surface area contributed by atoms with Crippen LogP contribution in [0.25, 0.3) is 0 Å². The van der Waals surface area contributed by atoms with E-state index in [0.29, 0.717) is 18.2 Å². The van der Waals surface area contributed by atoms with Crippen LogP contribution < -0.4 is 0 Å². The van der Waals surface area contributed by atoms with Gasteiger partial charge in [0.25, 0.3) is 5.91 Å². The molecule has 2 N–H and O–H groups in total. The molecule has 108 valence electrons. The Hall–Kier alpha value is -2.96. The van der Waals surface area contributed by atoms with Crippen molar-refractivity contribution in [1.82, 2.24) is 15.0 Å². The zero-order valence-corrected chi connectivity index (χ0v) is 11.2. The number of nitrogens with zero attached hydrogens (tertiary/aromatic N) is 3. The molecule has 0 aliphatic rings. The lowest BCUT2D eigenvalue weighted by Crippen LogP contribution is -2.14. The first-order valence-corrected chi connectivity index (χ1v) is 6.11. The molecule has 1 aromatic carbocycles. The van der Waals surface area contributed by atoms with Crippen molar-refractivity contribution >= 4 is 11.9 Å². The fourth-order valence-corrected chi connectivity index (χ4v) is 1.63. The Morgan fingerprint density at radius 3 is 2.52 bits per heavy atom. The summed E-state index contributed by atoms with van der Waals surface area (Å²) in [6.07, 6.45) is 2.48. The van der Waals surface area contributed by atoms with Crippen LogP contribution in [0, 0.1) is 6.92 Å². The molecule has 0 bridgehead atoms. The molecule has 7 heteroatoms. The molecule has 2 aromatic rings. The third-order valence-electron chi connectivity index (χ3n) is 2.72. The first-order valence-electron chi connectivity index (χ1n) is 6.11. The van der Waals surface area contributed by atoms with Gasteiger partial charge in [0.1, 0.15) is 0 Å². The van der Waals surface area contributed by atoms with Gasteiger partial charge >= 0.3 is 5.97 Å². The fraction of sp³-hybridized carbons (Fsp3) is 0.143. The SMILES string of the molecule is Cc1ccc(Cc2cnn(C(=O)/C=C(\O)C(=O)O)n2)cc1. The number of aryl methyl sites for hydroxylation is 1. The Morgan fingerprint density at radius 2 is 1.90 bits per heavy atom. The predicted molar refractivity (Wildman–Crippen MR) is 73.0 cm³/mol. The van der Waals surface area contributed by atoms with E-state index in [-0.39, 0.29) is 0 Å². The van der Waals surface area contributed by atoms with Gasteiger partial charge in [-0.05, 0) is 12.5 Å². The summed E-state index contributed by atoms with van der Waals surface area (Å²) in [5.41, 5.74) is 2.73. The summed E-state index contributed by atoms with van der Waals surface area (Å²) in [5.74, 6) is -3.47. The van der Waals surface area contributed by atoms with Crippen molar-refractivity contribution in [3.8, 4) is 0 Å². The van der Waals surface area contributed by atoms with Crippen molar-refractivity contribution < 1.29 is 19.8 Å². The molecule has 0 saturated heterocycles. The lowest BCUT2D eigenvalue weighted by atomic mass is 10.1. The standard InChI is InChI=1S/C14H13N3O4/c1-9-2-4-10(5-3-9)6-11-8-15-17(16-11)13(19)7-12(18)14(20)21/h2-5,7-8,18H,6H2,1H3,(H,20,21)/b12-7-. The highest BCUT2D eigenvalue weighted by Gasteiger charge is 2.11. The largest absolute Gasteiger partial charge is 0.502 e. The van der Waals surface area contributed by atoms with Crippen molar-refractivity contribution in [1.29, 1.82) is 0 Å². The lowest BCUT2D eigenvalue weighted by Gasteiger charge is -1.98. The number of benzene rings is 1. The van der Waals surface area contributed by atoms with Crippen LogP contribution in [0.3, 0.4) is 0 Å². The second-order valence-electron chi connectivity index (χ2n) is 4.46. The quantitative estimate of drug-likeness (QED) is 0.649. The van der Waals surface area contributed by atoms with E-state index in [0.717, 1.165) is 15.9 Å². The highest BCUT2D eigenvalue weighted by molar-refractivity contribution is 5.96. The smallest absolute Gasteiger partial charge is 0.371 e. The summed E-state index contributed by atoms with van der Waals surface area (Å²) in [6, 6.07) is 7.84. The number of aliphatic hydroxyl groups excluding tert-OH is 1. The summed E-state index contributed by atoms with van der Waals surface area (Å²) in [4.78, 5) is 22.8. The molecule has 0 unspecified atom stereocenters. The number of aliphatic hydroxyl groups is 1. The summed E-state index contributed by atoms with van der Waals surface area (Å²) in [5, 5.41) is 25.2. The van der Waals surface area contributed by atoms with Crippen LogP contribution in [0.4, 0.5) is 0 Å². The summed E-state index contributed by atoms with van der Waals surface area (Å²) < 4.78 is 0. The number of carbonyl (C=O) groups is 2. The Morgan fingerprint density at radius 1 is 1.24 bits per heavy atom. The fourth-order valence-electron chi connectivity index (χ4n) is 1.63. The predicted octanol–water partition coefficient (Wildman–Crippen LogP) is 1.34. The van der Waals surface area contributed by atoms with Crippen LogP contribution in [0.2, 0.25) is 0 Å². The molecule has 0 aliphatic carbocycles. The molecule has 1 heterocycles. The van der Waals surface area contributed by atoms with Gasteiger partial charge in [0.15, 0.2) is 0 Å². The molecule has 0 fully saturated rings. The van der Waals surface area contributed by atoms with Gasteiger partial charge in [0.05, 0.1) is 18.0 Å². The molecular formula is C14H13N3O4. The maximum Gasteiger partial charge on any atom is 0.371 e. The van der Waals surface area contributed by atoms with Gasteiger partial charge in [-0.1, -0.05) is 29.8 Å². The van der Waals surface area contributed by atoms with E-state index in [4.69, 9.17) is 10.2 Å². The van der Waals surface area contributed by atoms with Crippen LogP contribution in [0.1, 0.15) is 21.6 Å². The molecule has 21 heavy (non-hydrogen) atoms. The first kappa shape index (κ1) is 14.4. The van der Waals surface area contributed by atoms with Gasteiger partial charge < -0.3 is 10.2 Å². The number of aliphatic carboxylic acids is 1. The summed E-state index contributed by atoms with van der Waals surface area (Å²) >= 11 is 0. The van der Waals surface area contributed by atoms with E-state index in [1.807, 2.05) is 31.2 Å². The molecule has 0 atom stereocenters. The molecule has 7 nitrogen and oxygen atoms in total. The second-order valence-corrected chi connectivity index (χ2v) is 4.46. The van der Waals surface area contributed by atoms with Crippen LogP contribution in [-0.4, -0.2) is 37.1 Å². The molecular weight excluding hydrogens is 274 g/mol. The van der Waals surface area contributed by atoms with Gasteiger partial charge in [-0.3, -0.25) is 4.79 Å². The Labute approximate surface area is 120 Å². The van der Waals surface area contributed by atoms with Crippen LogP contribution >= 0.6 is 0 Å². The summed E-state index contributed by atoms with van der Waals surface area (Å²) in [6.45, 7) is 1.99. The zero-order valence-electron chi connectivity index (χ0n) is 11.2. The molecule has 0 saturated carbocycles. The van der Waals surface area contributed by atoms with Crippen LogP contribution in [-0.2, 0) is 11.2 Å². The van der Waals surface area contributed by atoms with E-state index in [1.54, 1.807) is 0 Å². The molecule has 0 amide bonds. The Bertz CT molecular complexity index is 701. The number of carboxylic acids is 1. The minimum atomic E-state index is -1.59. The topological polar surface area (TPSA) is 105 Å². The minimum absolute atomic E-state index is 0.502. The van der Waals surface area contributed by atoms with Crippen LogP contribution in [0.5, 0.6) is 0 Å². The Kier molecular flexibility index (Phi) is 4.13. The zero-order chi connectivity index (χ0) is 15.4. The maximum atomic E-state index is 11.6. The highest BCUT2D eigenvalue weighted by Crippen LogP contribution is 2.08. The monoisotopic (exact) mass is 287 g/mol. The number of allylic oxidation sites excluding steroid dienone is 1. The number of aromatic nitrogens is 3. The molecule has 0 spiro atoms. The maximum absolute atomic E-state index is 11.6. The number of carboxylic acid groups (broad SMARTS) is 1. The van der Waals surface area contributed by atoms with Crippen LogP contribution in [0.15, 0.2) is 42.3 Å². The third-order valence-corrected chi connectivity index (χ3v) is 2.72. The third kappa shape index (κ3) is 3.75. The summed E-state index contributed by atoms with van der Waals surface area (Å²) in [7, 11) is 0. The second kappa shape index (κ2) is 6.00. The molecule has 2 rings (SSSR count). The van der Waals surface area contributed by atoms with Gasteiger partial charge in [-0.2, -0.15) is 5.10 Å². The Balaban J connectivity index is 2.11. The molecule has 1 aromatic heterocycles. The van der Waals surface area contributed by atoms with Crippen molar-refractivity contribution in [2.24, 2.45) is 0 Å². The van der Waals surface area contributed by atoms with Crippen molar-refractivity contribution in [2.45, 2.75) is 13.3 Å². The van der Waals surface area contributed by atoms with Gasteiger partial charge in [0, 0.05) is 6.42 Å². The van der Waals surface area contributed by atoms with Crippen molar-refractivity contribution in [3.05, 3.63) is 59.1 Å².